The van der Waals surface area contributed by atoms with E-state index in [1.54, 1.807) is 13.8 Å². The van der Waals surface area contributed by atoms with Gasteiger partial charge in [-0.2, -0.15) is 0 Å². The Morgan fingerprint density at radius 2 is 2.10 bits per heavy atom. The molecule has 1 amide bonds. The maximum absolute atomic E-state index is 13.3. The van der Waals surface area contributed by atoms with Crippen molar-refractivity contribution in [2.45, 2.75) is 19.4 Å². The van der Waals surface area contributed by atoms with Crippen molar-refractivity contribution in [2.75, 3.05) is 19.4 Å². The Bertz CT molecular complexity index is 560. The fraction of sp³-hybridized carbons (Fsp3) is 0.417. The number of nitrogen functional groups attached to an aromatic ring is 1. The number of hydrogen-bond donors (Lipinski definition) is 2. The number of rotatable bonds is 4. The minimum Gasteiger partial charge on any atom is -0.396 e. The molecule has 0 saturated heterocycles. The van der Waals surface area contributed by atoms with Crippen molar-refractivity contribution in [1.29, 1.82) is 0 Å². The molecule has 3 N–H and O–H groups in total. The number of nitrogens with zero attached hydrogens (tertiary/aromatic N) is 2. The minimum absolute atomic E-state index is 0.321. The van der Waals surface area contributed by atoms with E-state index < -0.39 is 27.9 Å². The van der Waals surface area contributed by atoms with E-state index in [1.807, 2.05) is 0 Å². The first-order chi connectivity index (χ1) is 9.11. The van der Waals surface area contributed by atoms with Gasteiger partial charge < -0.3 is 15.7 Å². The van der Waals surface area contributed by atoms with Crippen molar-refractivity contribution in [3.63, 3.8) is 0 Å². The molecule has 0 aromatic heterocycles. The van der Waals surface area contributed by atoms with Gasteiger partial charge in [-0.15, -0.1) is 0 Å². The summed E-state index contributed by atoms with van der Waals surface area (Å²) in [6.45, 7) is 2.84. The maximum atomic E-state index is 13.3. The number of amides is 1. The quantitative estimate of drug-likeness (QED) is 0.490. The van der Waals surface area contributed by atoms with Crippen LogP contribution < -0.4 is 5.73 Å². The van der Waals surface area contributed by atoms with Gasteiger partial charge in [0.25, 0.3) is 11.6 Å². The van der Waals surface area contributed by atoms with E-state index >= 15 is 0 Å². The summed E-state index contributed by atoms with van der Waals surface area (Å²) in [6, 6.07) is 1.54. The van der Waals surface area contributed by atoms with E-state index in [-0.39, 0.29) is 17.9 Å². The largest absolute Gasteiger partial charge is 0.396 e. The van der Waals surface area contributed by atoms with Crippen molar-refractivity contribution in [3.8, 4) is 0 Å². The van der Waals surface area contributed by atoms with Crippen LogP contribution in [-0.4, -0.2) is 40.0 Å². The van der Waals surface area contributed by atoms with E-state index in [1.165, 1.54) is 7.05 Å². The Labute approximate surface area is 114 Å². The molecule has 0 aliphatic heterocycles. The van der Waals surface area contributed by atoms with Gasteiger partial charge in [-0.1, -0.05) is 0 Å². The standard InChI is InChI=1S/C12H16FN3O4/c1-12(2,6-17)15(3)11(18)7-4-9(14)8(13)5-10(7)16(19)20/h4-5,17H,6,14H2,1-3H3. The number of carbonyl (C=O) groups is 1. The maximum Gasteiger partial charge on any atom is 0.285 e. The van der Waals surface area contributed by atoms with Crippen LogP contribution in [0.25, 0.3) is 0 Å². The first-order valence-corrected chi connectivity index (χ1v) is 5.74. The van der Waals surface area contributed by atoms with Crippen LogP contribution in [0.1, 0.15) is 24.2 Å². The lowest BCUT2D eigenvalue weighted by Crippen LogP contribution is -2.47. The SMILES string of the molecule is CN(C(=O)c1cc(N)c(F)cc1[N+](=O)[O-])C(C)(C)CO. The average molecular weight is 285 g/mol. The van der Waals surface area contributed by atoms with Crippen LogP contribution in [0.3, 0.4) is 0 Å². The molecule has 0 spiro atoms. The fourth-order valence-corrected chi connectivity index (χ4v) is 1.46. The van der Waals surface area contributed by atoms with Crippen molar-refractivity contribution >= 4 is 17.3 Å². The summed E-state index contributed by atoms with van der Waals surface area (Å²) in [5.41, 5.74) is 3.09. The van der Waals surface area contributed by atoms with Gasteiger partial charge in [0.1, 0.15) is 5.56 Å². The molecular weight excluding hydrogens is 269 g/mol. The molecule has 20 heavy (non-hydrogen) atoms. The number of carbonyl (C=O) groups excluding carboxylic acids is 1. The fourth-order valence-electron chi connectivity index (χ4n) is 1.46. The Hall–Kier alpha value is -2.22. The average Bonchev–Trinajstić information content (AvgIpc) is 2.39. The second-order valence-electron chi connectivity index (χ2n) is 4.98. The summed E-state index contributed by atoms with van der Waals surface area (Å²) in [6.07, 6.45) is 0. The van der Waals surface area contributed by atoms with Gasteiger partial charge in [0.2, 0.25) is 0 Å². The molecule has 0 aliphatic rings. The summed E-state index contributed by atoms with van der Waals surface area (Å²) in [5.74, 6) is -1.68. The Kier molecular flexibility index (Phi) is 4.29. The number of aliphatic hydroxyl groups is 1. The number of nitro groups is 1. The Morgan fingerprint density at radius 1 is 1.55 bits per heavy atom. The van der Waals surface area contributed by atoms with Crippen molar-refractivity contribution in [1.82, 2.24) is 4.90 Å². The number of anilines is 1. The first kappa shape index (κ1) is 15.8. The van der Waals surface area contributed by atoms with Crippen molar-refractivity contribution in [3.05, 3.63) is 33.6 Å². The zero-order valence-corrected chi connectivity index (χ0v) is 11.4. The van der Waals surface area contributed by atoms with Crippen molar-refractivity contribution in [2.24, 2.45) is 0 Å². The van der Waals surface area contributed by atoms with Gasteiger partial charge in [0, 0.05) is 7.05 Å². The van der Waals surface area contributed by atoms with Crippen molar-refractivity contribution < 1.29 is 19.2 Å². The van der Waals surface area contributed by atoms with Gasteiger partial charge in [-0.3, -0.25) is 14.9 Å². The summed E-state index contributed by atoms with van der Waals surface area (Å²) < 4.78 is 13.3. The molecule has 8 heteroatoms. The summed E-state index contributed by atoms with van der Waals surface area (Å²) in [5, 5.41) is 20.1. The number of aliphatic hydroxyl groups excluding tert-OH is 1. The summed E-state index contributed by atoms with van der Waals surface area (Å²) in [4.78, 5) is 23.5. The molecule has 0 aliphatic carbocycles. The zero-order valence-electron chi connectivity index (χ0n) is 11.4. The molecule has 0 fully saturated rings. The predicted molar refractivity (Wildman–Crippen MR) is 70.7 cm³/mol. The van der Waals surface area contributed by atoms with Crippen LogP contribution in [0.15, 0.2) is 12.1 Å². The second-order valence-corrected chi connectivity index (χ2v) is 4.98. The summed E-state index contributed by atoms with van der Waals surface area (Å²) >= 11 is 0. The topological polar surface area (TPSA) is 110 Å². The highest BCUT2D eigenvalue weighted by atomic mass is 19.1. The number of benzene rings is 1. The molecule has 0 saturated carbocycles. The van der Waals surface area contributed by atoms with Crippen LogP contribution in [-0.2, 0) is 0 Å². The lowest BCUT2D eigenvalue weighted by Gasteiger charge is -2.33. The molecule has 1 rings (SSSR count). The molecule has 1 aromatic carbocycles. The molecule has 0 unspecified atom stereocenters. The number of nitro benzene ring substituents is 1. The van der Waals surface area contributed by atoms with Crippen LogP contribution in [0.2, 0.25) is 0 Å². The molecule has 7 nitrogen and oxygen atoms in total. The number of hydrogen-bond acceptors (Lipinski definition) is 5. The second kappa shape index (κ2) is 5.41. The van der Waals surface area contributed by atoms with E-state index in [9.17, 15) is 24.4 Å². The Balaban J connectivity index is 3.35. The third-order valence-corrected chi connectivity index (χ3v) is 3.14. The molecule has 110 valence electrons. The Morgan fingerprint density at radius 3 is 2.55 bits per heavy atom. The predicted octanol–water partition coefficient (Wildman–Crippen LogP) is 1.16. The molecule has 1 aromatic rings. The first-order valence-electron chi connectivity index (χ1n) is 5.74. The van der Waals surface area contributed by atoms with E-state index in [0.717, 1.165) is 11.0 Å². The lowest BCUT2D eigenvalue weighted by molar-refractivity contribution is -0.385. The van der Waals surface area contributed by atoms with Gasteiger partial charge in [0.15, 0.2) is 5.82 Å². The third kappa shape index (κ3) is 2.85. The number of halogens is 1. The monoisotopic (exact) mass is 285 g/mol. The smallest absolute Gasteiger partial charge is 0.285 e. The molecule has 0 heterocycles. The highest BCUT2D eigenvalue weighted by Crippen LogP contribution is 2.27. The van der Waals surface area contributed by atoms with Crippen LogP contribution >= 0.6 is 0 Å². The van der Waals surface area contributed by atoms with E-state index in [2.05, 4.69) is 0 Å². The lowest BCUT2D eigenvalue weighted by atomic mass is 10.0. The molecular formula is C12H16FN3O4. The highest BCUT2D eigenvalue weighted by molar-refractivity contribution is 5.99. The normalized spacial score (nSPS) is 11.2. The molecule has 0 radical (unpaired) electrons. The minimum atomic E-state index is -0.961. The van der Waals surface area contributed by atoms with Gasteiger partial charge >= 0.3 is 0 Å². The summed E-state index contributed by atoms with van der Waals surface area (Å²) in [7, 11) is 1.39. The van der Waals surface area contributed by atoms with Crippen LogP contribution in [0.5, 0.6) is 0 Å². The third-order valence-electron chi connectivity index (χ3n) is 3.14. The number of nitrogens with two attached hydrogens (primary N) is 1. The van der Waals surface area contributed by atoms with Gasteiger partial charge in [-0.05, 0) is 19.9 Å². The van der Waals surface area contributed by atoms with E-state index in [0.29, 0.717) is 6.07 Å². The van der Waals surface area contributed by atoms with Gasteiger partial charge in [-0.25, -0.2) is 4.39 Å². The highest BCUT2D eigenvalue weighted by Gasteiger charge is 2.32. The van der Waals surface area contributed by atoms with Crippen LogP contribution in [0, 0.1) is 15.9 Å². The zero-order chi connectivity index (χ0) is 15.7. The van der Waals surface area contributed by atoms with Crippen LogP contribution in [0.4, 0.5) is 15.8 Å². The molecule has 0 atom stereocenters. The van der Waals surface area contributed by atoms with E-state index in [4.69, 9.17) is 5.73 Å². The number of likely N-dealkylation sites (N-methyl/N-ethyl adjacent to an activating group) is 1. The molecule has 0 bridgehead atoms. The van der Waals surface area contributed by atoms with Gasteiger partial charge in [0.05, 0.1) is 28.8 Å².